The summed E-state index contributed by atoms with van der Waals surface area (Å²) in [6.07, 6.45) is 3.98. The van der Waals surface area contributed by atoms with Crippen LogP contribution in [0.1, 0.15) is 37.7 Å². The number of furan rings is 1. The molecule has 1 aromatic rings. The summed E-state index contributed by atoms with van der Waals surface area (Å²) < 4.78 is 10.6. The summed E-state index contributed by atoms with van der Waals surface area (Å²) in [7, 11) is 1.68. The molecule has 90 valence electrons. The molecule has 2 unspecified atom stereocenters. The molecule has 1 saturated carbocycles. The lowest BCUT2D eigenvalue weighted by Gasteiger charge is -2.01. The van der Waals surface area contributed by atoms with Gasteiger partial charge < -0.3 is 14.5 Å². The van der Waals surface area contributed by atoms with E-state index in [-0.39, 0.29) is 0 Å². The number of nitrogens with one attached hydrogen (secondary N) is 1. The Morgan fingerprint density at radius 1 is 1.44 bits per heavy atom. The maximum atomic E-state index is 5.61. The smallest absolute Gasteiger partial charge is 0.129 e. The summed E-state index contributed by atoms with van der Waals surface area (Å²) in [5.74, 6) is 2.81. The maximum absolute atomic E-state index is 5.61. The molecule has 0 saturated heterocycles. The van der Waals surface area contributed by atoms with Crippen LogP contribution in [0.4, 0.5) is 0 Å². The van der Waals surface area contributed by atoms with Crippen molar-refractivity contribution >= 4 is 0 Å². The zero-order valence-electron chi connectivity index (χ0n) is 10.2. The normalized spacial score (nSPS) is 23.6. The molecule has 3 heteroatoms. The molecular weight excluding hydrogens is 202 g/mol. The second-order valence-corrected chi connectivity index (χ2v) is 4.57. The van der Waals surface area contributed by atoms with E-state index in [1.165, 1.54) is 19.3 Å². The SMILES string of the molecule is CCCC1CC1NCc1ccc(COC)o1. The zero-order valence-corrected chi connectivity index (χ0v) is 10.2. The molecule has 0 radical (unpaired) electrons. The van der Waals surface area contributed by atoms with E-state index in [4.69, 9.17) is 9.15 Å². The van der Waals surface area contributed by atoms with Gasteiger partial charge in [-0.2, -0.15) is 0 Å². The molecule has 16 heavy (non-hydrogen) atoms. The van der Waals surface area contributed by atoms with E-state index in [0.717, 1.165) is 30.0 Å². The molecule has 2 atom stereocenters. The molecule has 0 spiro atoms. The Hall–Kier alpha value is -0.800. The Morgan fingerprint density at radius 2 is 2.25 bits per heavy atom. The quantitative estimate of drug-likeness (QED) is 0.771. The van der Waals surface area contributed by atoms with Gasteiger partial charge in [-0.15, -0.1) is 0 Å². The fourth-order valence-corrected chi connectivity index (χ4v) is 2.16. The minimum Gasteiger partial charge on any atom is -0.462 e. The minimum atomic E-state index is 0.557. The number of methoxy groups -OCH3 is 1. The van der Waals surface area contributed by atoms with Gasteiger partial charge in [-0.3, -0.25) is 0 Å². The Balaban J connectivity index is 1.69. The average Bonchev–Trinajstić information content (AvgIpc) is 2.85. The van der Waals surface area contributed by atoms with Crippen LogP contribution < -0.4 is 5.32 Å². The molecule has 1 aromatic heterocycles. The predicted octanol–water partition coefficient (Wildman–Crippen LogP) is 2.70. The van der Waals surface area contributed by atoms with Crippen LogP contribution in [0, 0.1) is 5.92 Å². The van der Waals surface area contributed by atoms with Crippen molar-refractivity contribution in [1.82, 2.24) is 5.32 Å². The summed E-state index contributed by atoms with van der Waals surface area (Å²) in [4.78, 5) is 0. The van der Waals surface area contributed by atoms with Crippen LogP contribution in [-0.2, 0) is 17.9 Å². The standard InChI is InChI=1S/C13H21NO2/c1-3-4-10-7-13(10)14-8-11-5-6-12(16-11)9-15-2/h5-6,10,13-14H,3-4,7-9H2,1-2H3. The second-order valence-electron chi connectivity index (χ2n) is 4.57. The summed E-state index contributed by atoms with van der Waals surface area (Å²) in [5, 5.41) is 3.53. The van der Waals surface area contributed by atoms with Gasteiger partial charge in [-0.05, 0) is 30.9 Å². The van der Waals surface area contributed by atoms with Crippen LogP contribution >= 0.6 is 0 Å². The third-order valence-electron chi connectivity index (χ3n) is 3.12. The van der Waals surface area contributed by atoms with Crippen molar-refractivity contribution in [3.63, 3.8) is 0 Å². The van der Waals surface area contributed by atoms with Crippen LogP contribution in [0.25, 0.3) is 0 Å². The molecule has 3 nitrogen and oxygen atoms in total. The van der Waals surface area contributed by atoms with E-state index in [1.807, 2.05) is 12.1 Å². The first-order valence-corrected chi connectivity index (χ1v) is 6.13. The number of hydrogen-bond acceptors (Lipinski definition) is 3. The first-order chi connectivity index (χ1) is 7.83. The fraction of sp³-hybridized carbons (Fsp3) is 0.692. The van der Waals surface area contributed by atoms with Gasteiger partial charge in [0, 0.05) is 13.2 Å². The topological polar surface area (TPSA) is 34.4 Å². The summed E-state index contributed by atoms with van der Waals surface area (Å²) in [6, 6.07) is 4.73. The molecule has 1 heterocycles. The maximum Gasteiger partial charge on any atom is 0.129 e. The molecule has 1 N–H and O–H groups in total. The molecule has 0 aliphatic heterocycles. The fourth-order valence-electron chi connectivity index (χ4n) is 2.16. The minimum absolute atomic E-state index is 0.557. The van der Waals surface area contributed by atoms with Gasteiger partial charge in [0.15, 0.2) is 0 Å². The van der Waals surface area contributed by atoms with Crippen molar-refractivity contribution < 1.29 is 9.15 Å². The van der Waals surface area contributed by atoms with Gasteiger partial charge in [0.1, 0.15) is 18.1 Å². The number of ether oxygens (including phenoxy) is 1. The van der Waals surface area contributed by atoms with E-state index >= 15 is 0 Å². The van der Waals surface area contributed by atoms with Crippen molar-refractivity contribution in [3.05, 3.63) is 23.7 Å². The van der Waals surface area contributed by atoms with Crippen LogP contribution in [0.5, 0.6) is 0 Å². The molecule has 1 aliphatic rings. The van der Waals surface area contributed by atoms with E-state index in [1.54, 1.807) is 7.11 Å². The zero-order chi connectivity index (χ0) is 11.4. The van der Waals surface area contributed by atoms with Gasteiger partial charge in [0.2, 0.25) is 0 Å². The van der Waals surface area contributed by atoms with Crippen LogP contribution in [0.15, 0.2) is 16.5 Å². The summed E-state index contributed by atoms with van der Waals surface area (Å²) >= 11 is 0. The van der Waals surface area contributed by atoms with Crippen molar-refractivity contribution in [1.29, 1.82) is 0 Å². The van der Waals surface area contributed by atoms with Crippen LogP contribution in [0.2, 0.25) is 0 Å². The first-order valence-electron chi connectivity index (χ1n) is 6.13. The molecule has 1 fully saturated rings. The highest BCUT2D eigenvalue weighted by Crippen LogP contribution is 2.34. The highest BCUT2D eigenvalue weighted by atomic mass is 16.5. The Labute approximate surface area is 97.2 Å². The summed E-state index contributed by atoms with van der Waals surface area (Å²) in [6.45, 7) is 3.65. The molecule has 2 rings (SSSR count). The van der Waals surface area contributed by atoms with E-state index in [9.17, 15) is 0 Å². The van der Waals surface area contributed by atoms with Gasteiger partial charge >= 0.3 is 0 Å². The second kappa shape index (κ2) is 5.51. The van der Waals surface area contributed by atoms with E-state index < -0.39 is 0 Å². The Kier molecular flexibility index (Phi) is 4.02. The van der Waals surface area contributed by atoms with Crippen LogP contribution in [-0.4, -0.2) is 13.2 Å². The molecule has 1 aliphatic carbocycles. The number of rotatable bonds is 7. The lowest BCUT2D eigenvalue weighted by atomic mass is 10.2. The monoisotopic (exact) mass is 223 g/mol. The highest BCUT2D eigenvalue weighted by molar-refractivity contribution is 5.07. The van der Waals surface area contributed by atoms with Crippen molar-refractivity contribution in [2.75, 3.05) is 7.11 Å². The lowest BCUT2D eigenvalue weighted by molar-refractivity contribution is 0.162. The van der Waals surface area contributed by atoms with E-state index in [0.29, 0.717) is 6.61 Å². The highest BCUT2D eigenvalue weighted by Gasteiger charge is 2.35. The molecule has 0 bridgehead atoms. The van der Waals surface area contributed by atoms with Crippen molar-refractivity contribution in [2.24, 2.45) is 5.92 Å². The van der Waals surface area contributed by atoms with Crippen molar-refractivity contribution in [2.45, 2.75) is 45.4 Å². The largest absolute Gasteiger partial charge is 0.462 e. The third kappa shape index (κ3) is 3.09. The van der Waals surface area contributed by atoms with Crippen LogP contribution in [0.3, 0.4) is 0 Å². The predicted molar refractivity (Wildman–Crippen MR) is 63.1 cm³/mol. The molecule has 0 aromatic carbocycles. The van der Waals surface area contributed by atoms with Gasteiger partial charge in [-0.25, -0.2) is 0 Å². The first kappa shape index (κ1) is 11.7. The average molecular weight is 223 g/mol. The molecular formula is C13H21NO2. The third-order valence-corrected chi connectivity index (χ3v) is 3.12. The number of hydrogen-bond donors (Lipinski definition) is 1. The lowest BCUT2D eigenvalue weighted by Crippen LogP contribution is -2.17. The summed E-state index contributed by atoms with van der Waals surface area (Å²) in [5.41, 5.74) is 0. The Morgan fingerprint density at radius 3 is 3.00 bits per heavy atom. The molecule has 0 amide bonds. The van der Waals surface area contributed by atoms with Gasteiger partial charge in [0.05, 0.1) is 6.54 Å². The van der Waals surface area contributed by atoms with E-state index in [2.05, 4.69) is 12.2 Å². The Bertz CT molecular complexity index is 321. The van der Waals surface area contributed by atoms with Crippen molar-refractivity contribution in [3.8, 4) is 0 Å². The van der Waals surface area contributed by atoms with Gasteiger partial charge in [-0.1, -0.05) is 13.3 Å². The van der Waals surface area contributed by atoms with Gasteiger partial charge in [0.25, 0.3) is 0 Å².